The van der Waals surface area contributed by atoms with Gasteiger partial charge in [-0.2, -0.15) is 0 Å². The van der Waals surface area contributed by atoms with Gasteiger partial charge < -0.3 is 25.8 Å². The van der Waals surface area contributed by atoms with E-state index in [-0.39, 0.29) is 36.0 Å². The molecule has 0 spiro atoms. The van der Waals surface area contributed by atoms with Crippen LogP contribution in [0.1, 0.15) is 40.7 Å². The van der Waals surface area contributed by atoms with E-state index in [9.17, 15) is 19.2 Å². The number of pyridine rings is 1. The lowest BCUT2D eigenvalue weighted by Crippen LogP contribution is -2.57. The Morgan fingerprint density at radius 3 is 2.46 bits per heavy atom. The van der Waals surface area contributed by atoms with Crippen LogP contribution in [0.25, 0.3) is 0 Å². The number of likely N-dealkylation sites (N-methyl/N-ethyl adjacent to an activating group) is 1. The van der Waals surface area contributed by atoms with E-state index in [4.69, 9.17) is 11.6 Å². The van der Waals surface area contributed by atoms with E-state index in [1.807, 2.05) is 12.1 Å². The van der Waals surface area contributed by atoms with Gasteiger partial charge in [0.15, 0.2) is 0 Å². The Bertz CT molecular complexity index is 1220. The summed E-state index contributed by atoms with van der Waals surface area (Å²) in [5.74, 6) is -2.13. The molecule has 0 radical (unpaired) electrons. The molecule has 39 heavy (non-hydrogen) atoms. The van der Waals surface area contributed by atoms with Crippen molar-refractivity contribution < 1.29 is 19.2 Å². The average molecular weight is 578 g/mol. The van der Waals surface area contributed by atoms with E-state index in [2.05, 4.69) is 32.9 Å². The molecule has 0 unspecified atom stereocenters. The lowest BCUT2D eigenvalue weighted by atomic mass is 9.81. The van der Waals surface area contributed by atoms with Crippen LogP contribution in [0.2, 0.25) is 5.02 Å². The van der Waals surface area contributed by atoms with Crippen LogP contribution in [-0.2, 0) is 27.3 Å². The van der Waals surface area contributed by atoms with Crippen molar-refractivity contribution in [1.29, 1.82) is 0 Å². The summed E-state index contributed by atoms with van der Waals surface area (Å²) in [5, 5.41) is 8.63. The van der Waals surface area contributed by atoms with Gasteiger partial charge in [-0.05, 0) is 68.1 Å². The normalized spacial score (nSPS) is 20.6. The summed E-state index contributed by atoms with van der Waals surface area (Å²) >= 11 is 5.82. The molecule has 2 heterocycles. The molecule has 3 N–H and O–H groups in total. The number of nitrogens with zero attached hydrogens (tertiary/aromatic N) is 3. The fourth-order valence-corrected chi connectivity index (χ4v) is 5.15. The fraction of sp³-hybridized carbons (Fsp3) is 0.444. The largest absolute Gasteiger partial charge is 0.349 e. The van der Waals surface area contributed by atoms with Crippen molar-refractivity contribution in [1.82, 2.24) is 25.4 Å². The molecule has 0 bridgehead atoms. The van der Waals surface area contributed by atoms with E-state index in [1.54, 1.807) is 26.2 Å². The average Bonchev–Trinajstić information content (AvgIpc) is 2.89. The second-order valence-corrected chi connectivity index (χ2v) is 10.6. The van der Waals surface area contributed by atoms with Gasteiger partial charge in [-0.25, -0.2) is 4.98 Å². The fourth-order valence-electron chi connectivity index (χ4n) is 5.04. The Hall–Kier alpha value is -3.21. The smallest absolute Gasteiger partial charge is 0.314 e. The number of fused-ring (bicyclic) bond motifs is 1. The zero-order valence-electron chi connectivity index (χ0n) is 22.2. The van der Waals surface area contributed by atoms with Crippen molar-refractivity contribution in [3.63, 3.8) is 0 Å². The molecule has 210 valence electrons. The zero-order valence-corrected chi connectivity index (χ0v) is 23.8. The van der Waals surface area contributed by atoms with Crippen LogP contribution in [0.5, 0.6) is 0 Å². The molecule has 1 aliphatic heterocycles. The Labute approximate surface area is 239 Å². The van der Waals surface area contributed by atoms with Crippen LogP contribution in [0.15, 0.2) is 36.5 Å². The van der Waals surface area contributed by atoms with Gasteiger partial charge in [0.1, 0.15) is 5.82 Å². The molecule has 2 aromatic rings. The zero-order chi connectivity index (χ0) is 27.4. The number of hydrogen-bond acceptors (Lipinski definition) is 6. The van der Waals surface area contributed by atoms with Crippen LogP contribution < -0.4 is 16.0 Å². The molecular weight excluding hydrogens is 543 g/mol. The summed E-state index contributed by atoms with van der Waals surface area (Å²) in [6.07, 6.45) is 3.55. The number of aromatic nitrogens is 1. The number of hydrogen-bond donors (Lipinski definition) is 3. The first kappa shape index (κ1) is 30.3. The predicted molar refractivity (Wildman–Crippen MR) is 151 cm³/mol. The van der Waals surface area contributed by atoms with E-state index < -0.39 is 23.9 Å². The lowest BCUT2D eigenvalue weighted by Gasteiger charge is -2.37. The minimum Gasteiger partial charge on any atom is -0.349 e. The summed E-state index contributed by atoms with van der Waals surface area (Å²) in [5.41, 5.74) is 2.89. The van der Waals surface area contributed by atoms with Gasteiger partial charge in [0.25, 0.3) is 5.91 Å². The standard InChI is InChI=1S/C27H33ClN6O4.ClH/c1-33(2)27(38)18-6-8-21(30-25(36)26(37)32-23-9-7-20(28)14-29-23)22(13-18)31-24(35)17-4-5-19-15-34(3)11-10-16(19)12-17;/h4-5,7,9,12,14,18,21-22H,6,8,10-11,13,15H2,1-3H3,(H,30,36)(H,31,35)(H,29,32,37);1H/t18-,21-,22+;/m0./s1. The van der Waals surface area contributed by atoms with E-state index in [1.165, 1.54) is 22.7 Å². The summed E-state index contributed by atoms with van der Waals surface area (Å²) in [6, 6.07) is 7.70. The van der Waals surface area contributed by atoms with E-state index in [0.29, 0.717) is 29.8 Å². The first-order valence-electron chi connectivity index (χ1n) is 12.7. The van der Waals surface area contributed by atoms with Crippen molar-refractivity contribution >= 4 is 53.5 Å². The van der Waals surface area contributed by atoms with Crippen LogP contribution in [0.3, 0.4) is 0 Å². The molecule has 12 heteroatoms. The van der Waals surface area contributed by atoms with Gasteiger partial charge in [0.05, 0.1) is 11.1 Å². The number of nitrogens with one attached hydrogen (secondary N) is 3. The second kappa shape index (κ2) is 13.2. The minimum atomic E-state index is -0.879. The van der Waals surface area contributed by atoms with Crippen molar-refractivity contribution in [3.8, 4) is 0 Å². The number of rotatable bonds is 5. The maximum absolute atomic E-state index is 13.3. The maximum Gasteiger partial charge on any atom is 0.314 e. The Balaban J connectivity index is 0.00000420. The molecule has 2 aliphatic rings. The molecule has 1 fully saturated rings. The Morgan fingerprint density at radius 2 is 1.77 bits per heavy atom. The highest BCUT2D eigenvalue weighted by Gasteiger charge is 2.37. The number of amides is 4. The van der Waals surface area contributed by atoms with E-state index in [0.717, 1.165) is 25.1 Å². The van der Waals surface area contributed by atoms with Crippen molar-refractivity contribution in [2.45, 2.75) is 44.3 Å². The molecule has 3 atom stereocenters. The third-order valence-corrected chi connectivity index (χ3v) is 7.34. The van der Waals surface area contributed by atoms with Gasteiger partial charge in [-0.15, -0.1) is 12.4 Å². The van der Waals surface area contributed by atoms with Crippen molar-refractivity contribution in [3.05, 3.63) is 58.2 Å². The van der Waals surface area contributed by atoms with Gasteiger partial charge >= 0.3 is 11.8 Å². The highest BCUT2D eigenvalue weighted by Crippen LogP contribution is 2.27. The van der Waals surface area contributed by atoms with Gasteiger partial charge in [0.2, 0.25) is 5.91 Å². The summed E-state index contributed by atoms with van der Waals surface area (Å²) in [6.45, 7) is 1.77. The van der Waals surface area contributed by atoms with Crippen LogP contribution >= 0.6 is 24.0 Å². The first-order chi connectivity index (χ1) is 18.1. The number of halogens is 2. The predicted octanol–water partition coefficient (Wildman–Crippen LogP) is 2.25. The molecule has 0 saturated heterocycles. The molecule has 1 saturated carbocycles. The molecule has 4 amide bonds. The quantitative estimate of drug-likeness (QED) is 0.469. The number of carbonyl (C=O) groups is 4. The van der Waals surface area contributed by atoms with Crippen LogP contribution in [-0.4, -0.2) is 78.2 Å². The SMILES string of the molecule is CN1CCc2cc(C(=O)N[C@@H]3C[C@@H](C(=O)N(C)C)CC[C@@H]3NC(=O)C(=O)Nc3ccc(Cl)cn3)ccc2C1.Cl. The monoisotopic (exact) mass is 576 g/mol. The minimum absolute atomic E-state index is 0. The van der Waals surface area contributed by atoms with E-state index >= 15 is 0 Å². The first-order valence-corrected chi connectivity index (χ1v) is 13.0. The second-order valence-electron chi connectivity index (χ2n) is 10.2. The van der Waals surface area contributed by atoms with Gasteiger partial charge in [-0.1, -0.05) is 17.7 Å². The number of anilines is 1. The third-order valence-electron chi connectivity index (χ3n) is 7.12. The van der Waals surface area contributed by atoms with Gasteiger partial charge in [0, 0.05) is 50.9 Å². The molecule has 1 aromatic carbocycles. The van der Waals surface area contributed by atoms with Crippen LogP contribution in [0, 0.1) is 5.92 Å². The lowest BCUT2D eigenvalue weighted by molar-refractivity contribution is -0.137. The van der Waals surface area contributed by atoms with Crippen molar-refractivity contribution in [2.75, 3.05) is 33.0 Å². The molecule has 4 rings (SSSR count). The topological polar surface area (TPSA) is 124 Å². The molecule has 1 aliphatic carbocycles. The highest BCUT2D eigenvalue weighted by atomic mass is 35.5. The molecule has 1 aromatic heterocycles. The molecule has 10 nitrogen and oxygen atoms in total. The maximum atomic E-state index is 13.3. The summed E-state index contributed by atoms with van der Waals surface area (Å²) < 4.78 is 0. The Morgan fingerprint density at radius 1 is 1.00 bits per heavy atom. The van der Waals surface area contributed by atoms with Crippen LogP contribution in [0.4, 0.5) is 5.82 Å². The number of carbonyl (C=O) groups excluding carboxylic acids is 4. The Kier molecular flexibility index (Phi) is 10.3. The number of benzene rings is 1. The molecular formula is C27H34Cl2N6O4. The van der Waals surface area contributed by atoms with Crippen molar-refractivity contribution in [2.24, 2.45) is 5.92 Å². The highest BCUT2D eigenvalue weighted by molar-refractivity contribution is 6.39. The third kappa shape index (κ3) is 7.68. The summed E-state index contributed by atoms with van der Waals surface area (Å²) in [4.78, 5) is 58.9. The summed E-state index contributed by atoms with van der Waals surface area (Å²) in [7, 11) is 5.46. The van der Waals surface area contributed by atoms with Gasteiger partial charge in [-0.3, -0.25) is 19.2 Å².